The van der Waals surface area contributed by atoms with E-state index in [0.29, 0.717) is 19.6 Å². The van der Waals surface area contributed by atoms with Crippen molar-refractivity contribution in [2.24, 2.45) is 0 Å². The monoisotopic (exact) mass is 158 g/mol. The minimum atomic E-state index is -0.697. The molecule has 1 aliphatic heterocycles. The maximum atomic E-state index is 11.1. The zero-order valence-corrected chi connectivity index (χ0v) is 6.95. The molecule has 1 rings (SSSR count). The van der Waals surface area contributed by atoms with E-state index in [1.165, 1.54) is 4.90 Å². The highest BCUT2D eigenvalue weighted by Gasteiger charge is 2.33. The van der Waals surface area contributed by atoms with Crippen molar-refractivity contribution in [1.82, 2.24) is 9.80 Å². The van der Waals surface area contributed by atoms with Crippen LogP contribution in [0, 0.1) is 0 Å². The van der Waals surface area contributed by atoms with Crippen molar-refractivity contribution in [2.45, 2.75) is 20.2 Å². The van der Waals surface area contributed by atoms with Crippen molar-refractivity contribution >= 4 is 5.91 Å². The highest BCUT2D eigenvalue weighted by Crippen LogP contribution is 2.11. The number of aliphatic hydroxyl groups is 1. The Kier molecular flexibility index (Phi) is 2.46. The average molecular weight is 158 g/mol. The fourth-order valence-corrected chi connectivity index (χ4v) is 1.29. The first-order chi connectivity index (χ1) is 5.20. The molecule has 4 nitrogen and oxygen atoms in total. The smallest absolute Gasteiger partial charge is 0.239 e. The molecular formula is C7H14N2O2. The predicted molar refractivity (Wildman–Crippen MR) is 40.6 cm³/mol. The molecule has 0 aromatic rings. The Labute approximate surface area is 66.4 Å². The molecule has 1 saturated heterocycles. The summed E-state index contributed by atoms with van der Waals surface area (Å²) in [6.45, 7) is 5.43. The van der Waals surface area contributed by atoms with Gasteiger partial charge >= 0.3 is 0 Å². The van der Waals surface area contributed by atoms with Crippen LogP contribution in [0.1, 0.15) is 13.8 Å². The van der Waals surface area contributed by atoms with Gasteiger partial charge in [-0.05, 0) is 6.92 Å². The van der Waals surface area contributed by atoms with Crippen LogP contribution in [0.2, 0.25) is 0 Å². The molecule has 0 radical (unpaired) electrons. The van der Waals surface area contributed by atoms with Crippen molar-refractivity contribution in [3.63, 3.8) is 0 Å². The summed E-state index contributed by atoms with van der Waals surface area (Å²) in [5, 5.41) is 9.45. The summed E-state index contributed by atoms with van der Waals surface area (Å²) in [4.78, 5) is 14.3. The van der Waals surface area contributed by atoms with Crippen LogP contribution in [0.5, 0.6) is 0 Å². The van der Waals surface area contributed by atoms with E-state index < -0.39 is 6.35 Å². The van der Waals surface area contributed by atoms with Crippen molar-refractivity contribution in [1.29, 1.82) is 0 Å². The molecule has 1 N–H and O–H groups in total. The molecule has 1 fully saturated rings. The molecule has 4 heteroatoms. The maximum absolute atomic E-state index is 11.1. The first-order valence-electron chi connectivity index (χ1n) is 3.92. The molecule has 11 heavy (non-hydrogen) atoms. The molecule has 0 aromatic heterocycles. The van der Waals surface area contributed by atoms with E-state index in [0.717, 1.165) is 0 Å². The van der Waals surface area contributed by atoms with Crippen molar-refractivity contribution in [2.75, 3.05) is 19.6 Å². The van der Waals surface area contributed by atoms with Crippen LogP contribution in [0.4, 0.5) is 0 Å². The van der Waals surface area contributed by atoms with Crippen molar-refractivity contribution < 1.29 is 9.90 Å². The van der Waals surface area contributed by atoms with Gasteiger partial charge in [0.15, 0.2) is 6.35 Å². The van der Waals surface area contributed by atoms with Gasteiger partial charge in [0.2, 0.25) is 5.91 Å². The van der Waals surface area contributed by atoms with Gasteiger partial charge in [0, 0.05) is 13.1 Å². The number of carbonyl (C=O) groups is 1. The normalized spacial score (nSPS) is 26.6. The Morgan fingerprint density at radius 3 is 2.45 bits per heavy atom. The number of hydrogen-bond acceptors (Lipinski definition) is 3. The Balaban J connectivity index is 2.62. The molecule has 1 unspecified atom stereocenters. The van der Waals surface area contributed by atoms with E-state index in [-0.39, 0.29) is 5.91 Å². The van der Waals surface area contributed by atoms with E-state index in [4.69, 9.17) is 0 Å². The Hall–Kier alpha value is -0.610. The molecule has 1 amide bonds. The summed E-state index contributed by atoms with van der Waals surface area (Å²) in [5.41, 5.74) is 0. The van der Waals surface area contributed by atoms with Gasteiger partial charge in [-0.25, -0.2) is 0 Å². The lowest BCUT2D eigenvalue weighted by atomic mass is 10.5. The predicted octanol–water partition coefficient (Wildman–Crippen LogP) is -0.554. The largest absolute Gasteiger partial charge is 0.361 e. The zero-order valence-electron chi connectivity index (χ0n) is 6.95. The highest BCUT2D eigenvalue weighted by atomic mass is 16.3. The minimum absolute atomic E-state index is 0.0156. The lowest BCUT2D eigenvalue weighted by Gasteiger charge is -2.22. The first-order valence-corrected chi connectivity index (χ1v) is 3.92. The second kappa shape index (κ2) is 3.19. The van der Waals surface area contributed by atoms with Gasteiger partial charge in [0.05, 0.1) is 6.54 Å². The Bertz CT molecular complexity index is 161. The number of nitrogens with zero attached hydrogens (tertiary/aromatic N) is 2. The van der Waals surface area contributed by atoms with Gasteiger partial charge in [-0.3, -0.25) is 9.69 Å². The number of amides is 1. The van der Waals surface area contributed by atoms with Crippen LogP contribution in [0.3, 0.4) is 0 Å². The van der Waals surface area contributed by atoms with Gasteiger partial charge in [-0.2, -0.15) is 0 Å². The SMILES string of the molecule is CCN1CC(=O)N(CC)C1O. The summed E-state index contributed by atoms with van der Waals surface area (Å²) in [5.74, 6) is 0.0156. The van der Waals surface area contributed by atoms with Crippen LogP contribution in [-0.4, -0.2) is 46.8 Å². The molecule has 1 aliphatic rings. The van der Waals surface area contributed by atoms with E-state index in [2.05, 4.69) is 0 Å². The average Bonchev–Trinajstić information content (AvgIpc) is 2.26. The van der Waals surface area contributed by atoms with E-state index >= 15 is 0 Å². The molecule has 1 atom stereocenters. The van der Waals surface area contributed by atoms with Crippen LogP contribution in [0.25, 0.3) is 0 Å². The number of aliphatic hydroxyl groups excluding tert-OH is 1. The molecule has 0 bridgehead atoms. The third kappa shape index (κ3) is 1.36. The van der Waals surface area contributed by atoms with E-state index in [1.54, 1.807) is 4.90 Å². The van der Waals surface area contributed by atoms with Crippen LogP contribution in [-0.2, 0) is 4.79 Å². The van der Waals surface area contributed by atoms with Crippen LogP contribution in [0.15, 0.2) is 0 Å². The second-order valence-corrected chi connectivity index (χ2v) is 2.59. The number of rotatable bonds is 2. The van der Waals surface area contributed by atoms with E-state index in [9.17, 15) is 9.90 Å². The topological polar surface area (TPSA) is 43.8 Å². The molecular weight excluding hydrogens is 144 g/mol. The van der Waals surface area contributed by atoms with Crippen molar-refractivity contribution in [3.8, 4) is 0 Å². The summed E-state index contributed by atoms with van der Waals surface area (Å²) in [7, 11) is 0. The quantitative estimate of drug-likeness (QED) is 0.586. The van der Waals surface area contributed by atoms with Gasteiger partial charge in [0.1, 0.15) is 0 Å². The zero-order chi connectivity index (χ0) is 8.43. The van der Waals surface area contributed by atoms with Gasteiger partial charge < -0.3 is 10.0 Å². The molecule has 0 aliphatic carbocycles. The fourth-order valence-electron chi connectivity index (χ4n) is 1.29. The first kappa shape index (κ1) is 8.49. The minimum Gasteiger partial charge on any atom is -0.361 e. The Morgan fingerprint density at radius 1 is 1.55 bits per heavy atom. The summed E-state index contributed by atoms with van der Waals surface area (Å²) in [6.07, 6.45) is -0.697. The Morgan fingerprint density at radius 2 is 2.18 bits per heavy atom. The molecule has 0 aromatic carbocycles. The van der Waals surface area contributed by atoms with Crippen LogP contribution < -0.4 is 0 Å². The number of hydrogen-bond donors (Lipinski definition) is 1. The standard InChI is InChI=1S/C7H14N2O2/c1-3-8-5-6(10)9(4-2)7(8)11/h7,11H,3-5H2,1-2H3. The third-order valence-corrected chi connectivity index (χ3v) is 2.01. The number of likely N-dealkylation sites (N-methyl/N-ethyl adjacent to an activating group) is 2. The highest BCUT2D eigenvalue weighted by molar-refractivity contribution is 5.80. The lowest BCUT2D eigenvalue weighted by Crippen LogP contribution is -2.39. The summed E-state index contributed by atoms with van der Waals surface area (Å²) >= 11 is 0. The van der Waals surface area contributed by atoms with Gasteiger partial charge in [-0.1, -0.05) is 6.92 Å². The van der Waals surface area contributed by atoms with Gasteiger partial charge in [-0.15, -0.1) is 0 Å². The summed E-state index contributed by atoms with van der Waals surface area (Å²) < 4.78 is 0. The van der Waals surface area contributed by atoms with Crippen molar-refractivity contribution in [3.05, 3.63) is 0 Å². The second-order valence-electron chi connectivity index (χ2n) is 2.59. The van der Waals surface area contributed by atoms with Crippen LogP contribution >= 0.6 is 0 Å². The van der Waals surface area contributed by atoms with E-state index in [1.807, 2.05) is 13.8 Å². The molecule has 64 valence electrons. The summed E-state index contributed by atoms with van der Waals surface area (Å²) in [6, 6.07) is 0. The lowest BCUT2D eigenvalue weighted by molar-refractivity contribution is -0.134. The van der Waals surface area contributed by atoms with Gasteiger partial charge in [0.25, 0.3) is 0 Å². The number of carbonyl (C=O) groups excluding carboxylic acids is 1. The third-order valence-electron chi connectivity index (χ3n) is 2.01. The maximum Gasteiger partial charge on any atom is 0.239 e. The molecule has 0 spiro atoms. The fraction of sp³-hybridized carbons (Fsp3) is 0.857. The molecule has 0 saturated carbocycles. The molecule has 1 heterocycles.